The van der Waals surface area contributed by atoms with E-state index in [0.717, 1.165) is 39.6 Å². The van der Waals surface area contributed by atoms with Crippen molar-refractivity contribution in [3.05, 3.63) is 53.8 Å². The molecule has 0 saturated carbocycles. The molecule has 0 fully saturated rings. The fraction of sp³-hybridized carbons (Fsp3) is 0.364. The summed E-state index contributed by atoms with van der Waals surface area (Å²) < 4.78 is 14.2. The van der Waals surface area contributed by atoms with Crippen LogP contribution < -0.4 is 4.90 Å². The van der Waals surface area contributed by atoms with Gasteiger partial charge in [-0.05, 0) is 69.4 Å². The normalized spacial score (nSPS) is 11.3. The molecule has 0 bridgehead atoms. The number of carbonyl (C=O) groups is 1. The Bertz CT molecular complexity index is 956. The molecule has 1 amide bonds. The lowest BCUT2D eigenvalue weighted by molar-refractivity contribution is -0.116. The molecule has 3 rings (SSSR count). The number of fused-ring (bicyclic) bond motifs is 1. The fourth-order valence-corrected chi connectivity index (χ4v) is 4.85. The molecule has 1 aromatic heterocycles. The van der Waals surface area contributed by atoms with E-state index in [-0.39, 0.29) is 11.7 Å². The Morgan fingerprint density at radius 1 is 1.14 bits per heavy atom. The van der Waals surface area contributed by atoms with Gasteiger partial charge in [0.2, 0.25) is 5.91 Å². The Morgan fingerprint density at radius 2 is 1.90 bits per heavy atom. The summed E-state index contributed by atoms with van der Waals surface area (Å²) in [5.74, 6) is 0.0480. The number of rotatable bonds is 9. The van der Waals surface area contributed by atoms with E-state index in [9.17, 15) is 9.18 Å². The fourth-order valence-electron chi connectivity index (χ4n) is 3.02. The van der Waals surface area contributed by atoms with E-state index in [4.69, 9.17) is 4.98 Å². The van der Waals surface area contributed by atoms with Crippen molar-refractivity contribution >= 4 is 44.4 Å². The number of halogens is 1. The lowest BCUT2D eigenvalue weighted by Crippen LogP contribution is -2.34. The van der Waals surface area contributed by atoms with E-state index >= 15 is 0 Å². The van der Waals surface area contributed by atoms with Gasteiger partial charge in [-0.15, -0.1) is 11.8 Å². The Hall–Kier alpha value is -1.96. The quantitative estimate of drug-likeness (QED) is 0.443. The highest BCUT2D eigenvalue weighted by Crippen LogP contribution is 2.32. The van der Waals surface area contributed by atoms with E-state index in [1.807, 2.05) is 25.1 Å². The second-order valence-electron chi connectivity index (χ2n) is 7.06. The number of hydrogen-bond donors (Lipinski definition) is 0. The summed E-state index contributed by atoms with van der Waals surface area (Å²) in [7, 11) is 4.06. The van der Waals surface area contributed by atoms with Crippen LogP contribution in [-0.4, -0.2) is 48.7 Å². The lowest BCUT2D eigenvalue weighted by atomic mass is 10.1. The van der Waals surface area contributed by atoms with Gasteiger partial charge in [0.05, 0.1) is 16.0 Å². The smallest absolute Gasteiger partial charge is 0.239 e. The van der Waals surface area contributed by atoms with Gasteiger partial charge in [-0.1, -0.05) is 30.4 Å². The molecule has 0 N–H and O–H groups in total. The van der Waals surface area contributed by atoms with Gasteiger partial charge in [0.1, 0.15) is 5.82 Å². The van der Waals surface area contributed by atoms with Gasteiger partial charge in [0.25, 0.3) is 0 Å². The third-order valence-corrected chi connectivity index (χ3v) is 6.61. The van der Waals surface area contributed by atoms with E-state index in [1.54, 1.807) is 23.5 Å². The molecule has 0 aliphatic rings. The molecule has 29 heavy (non-hydrogen) atoms. The van der Waals surface area contributed by atoms with Crippen molar-refractivity contribution in [2.24, 2.45) is 0 Å². The number of carbonyl (C=O) groups excluding carboxylic acids is 1. The number of aryl methyl sites for hydroxylation is 1. The highest BCUT2D eigenvalue weighted by Gasteiger charge is 2.20. The zero-order chi connectivity index (χ0) is 20.8. The van der Waals surface area contributed by atoms with Crippen molar-refractivity contribution in [1.29, 1.82) is 0 Å². The molecule has 0 spiro atoms. The molecule has 0 aliphatic heterocycles. The number of amides is 1. The van der Waals surface area contributed by atoms with Crippen LogP contribution in [0.15, 0.2) is 47.4 Å². The number of para-hydroxylation sites is 1. The average molecular weight is 432 g/mol. The van der Waals surface area contributed by atoms with Crippen molar-refractivity contribution < 1.29 is 9.18 Å². The maximum atomic E-state index is 13.1. The molecule has 2 aromatic carbocycles. The van der Waals surface area contributed by atoms with Crippen LogP contribution in [0.5, 0.6) is 0 Å². The number of thioether (sulfide) groups is 1. The number of thiazole rings is 1. The van der Waals surface area contributed by atoms with Crippen LogP contribution in [-0.2, 0) is 11.2 Å². The first-order valence-corrected chi connectivity index (χ1v) is 11.5. The van der Waals surface area contributed by atoms with Gasteiger partial charge < -0.3 is 4.90 Å². The highest BCUT2D eigenvalue weighted by atomic mass is 32.2. The molecular formula is C22H26FN3OS2. The summed E-state index contributed by atoms with van der Waals surface area (Å²) in [4.78, 5) is 22.7. The van der Waals surface area contributed by atoms with Gasteiger partial charge in [-0.25, -0.2) is 9.37 Å². The van der Waals surface area contributed by atoms with E-state index < -0.39 is 0 Å². The Labute approximate surface area is 179 Å². The van der Waals surface area contributed by atoms with Crippen LogP contribution >= 0.6 is 23.1 Å². The SMILES string of the molecule is CCc1cccc2sc(N(CCCN(C)C)C(=O)CSc3ccc(F)cc3)nc12. The topological polar surface area (TPSA) is 36.4 Å². The highest BCUT2D eigenvalue weighted by molar-refractivity contribution is 8.00. The van der Waals surface area contributed by atoms with Crippen LogP contribution in [0.4, 0.5) is 9.52 Å². The van der Waals surface area contributed by atoms with Crippen LogP contribution in [0.2, 0.25) is 0 Å². The van der Waals surface area contributed by atoms with Gasteiger partial charge in [-0.2, -0.15) is 0 Å². The molecule has 3 aromatic rings. The monoisotopic (exact) mass is 431 g/mol. The van der Waals surface area contributed by atoms with Gasteiger partial charge in [0.15, 0.2) is 5.13 Å². The van der Waals surface area contributed by atoms with Crippen LogP contribution in [0.1, 0.15) is 18.9 Å². The number of hydrogen-bond acceptors (Lipinski definition) is 5. The van der Waals surface area contributed by atoms with Gasteiger partial charge in [-0.3, -0.25) is 9.69 Å². The van der Waals surface area contributed by atoms with Gasteiger partial charge in [0, 0.05) is 11.4 Å². The summed E-state index contributed by atoms with van der Waals surface area (Å²) in [6.07, 6.45) is 1.78. The van der Waals surface area contributed by atoms with Crippen molar-refractivity contribution in [3.63, 3.8) is 0 Å². The largest absolute Gasteiger partial charge is 0.309 e. The van der Waals surface area contributed by atoms with Crippen molar-refractivity contribution in [2.75, 3.05) is 37.8 Å². The number of anilines is 1. The molecule has 0 atom stereocenters. The van der Waals surface area contributed by atoms with Gasteiger partial charge >= 0.3 is 0 Å². The Morgan fingerprint density at radius 3 is 2.59 bits per heavy atom. The number of benzene rings is 2. The molecule has 0 aliphatic carbocycles. The maximum absolute atomic E-state index is 13.1. The second-order valence-corrected chi connectivity index (χ2v) is 9.12. The molecule has 4 nitrogen and oxygen atoms in total. The predicted molar refractivity (Wildman–Crippen MR) is 122 cm³/mol. The minimum atomic E-state index is -0.271. The zero-order valence-electron chi connectivity index (χ0n) is 17.0. The van der Waals surface area contributed by atoms with Crippen LogP contribution in [0.3, 0.4) is 0 Å². The molecule has 0 unspecified atom stereocenters. The Balaban J connectivity index is 1.79. The van der Waals surface area contributed by atoms with Crippen LogP contribution in [0.25, 0.3) is 10.2 Å². The summed E-state index contributed by atoms with van der Waals surface area (Å²) in [6, 6.07) is 12.4. The molecular weight excluding hydrogens is 405 g/mol. The number of nitrogens with zero attached hydrogens (tertiary/aromatic N) is 3. The summed E-state index contributed by atoms with van der Waals surface area (Å²) in [5, 5.41) is 0.754. The molecule has 0 saturated heterocycles. The third-order valence-electron chi connectivity index (χ3n) is 4.57. The minimum Gasteiger partial charge on any atom is -0.309 e. The maximum Gasteiger partial charge on any atom is 0.239 e. The van der Waals surface area contributed by atoms with Crippen molar-refractivity contribution in [2.45, 2.75) is 24.7 Å². The first-order chi connectivity index (χ1) is 14.0. The zero-order valence-corrected chi connectivity index (χ0v) is 18.7. The standard InChI is InChI=1S/C22H26FN3OS2/c1-4-16-7-5-8-19-21(16)24-22(29-19)26(14-6-13-25(2)3)20(27)15-28-18-11-9-17(23)10-12-18/h5,7-12H,4,6,13-15H2,1-3H3. The summed E-state index contributed by atoms with van der Waals surface area (Å²) in [6.45, 7) is 3.65. The van der Waals surface area contributed by atoms with Crippen LogP contribution in [0, 0.1) is 5.82 Å². The van der Waals surface area contributed by atoms with Crippen molar-refractivity contribution in [3.8, 4) is 0 Å². The van der Waals surface area contributed by atoms with E-state index in [2.05, 4.69) is 24.0 Å². The Kier molecular flexibility index (Phi) is 7.64. The molecule has 0 radical (unpaired) electrons. The van der Waals surface area contributed by atoms with E-state index in [1.165, 1.54) is 29.5 Å². The molecule has 7 heteroatoms. The first kappa shape index (κ1) is 21.7. The lowest BCUT2D eigenvalue weighted by Gasteiger charge is -2.21. The summed E-state index contributed by atoms with van der Waals surface area (Å²) >= 11 is 2.99. The molecule has 154 valence electrons. The molecule has 1 heterocycles. The van der Waals surface area contributed by atoms with E-state index in [0.29, 0.717) is 12.3 Å². The predicted octanol–water partition coefficient (Wildman–Crippen LogP) is 5.07. The number of aromatic nitrogens is 1. The van der Waals surface area contributed by atoms with Crippen molar-refractivity contribution in [1.82, 2.24) is 9.88 Å². The average Bonchev–Trinajstić information content (AvgIpc) is 3.14. The second kappa shape index (κ2) is 10.2. The third kappa shape index (κ3) is 5.78. The minimum absolute atomic E-state index is 0.0233. The first-order valence-electron chi connectivity index (χ1n) is 9.70. The summed E-state index contributed by atoms with van der Waals surface area (Å²) in [5.41, 5.74) is 2.19.